The Kier molecular flexibility index (Phi) is 4.13. The van der Waals surface area contributed by atoms with Crippen molar-refractivity contribution in [2.45, 2.75) is 98.3 Å². The second kappa shape index (κ2) is 5.77. The highest BCUT2D eigenvalue weighted by molar-refractivity contribution is 5.08. The van der Waals surface area contributed by atoms with E-state index in [-0.39, 0.29) is 0 Å². The molecule has 0 nitrogen and oxygen atoms in total. The van der Waals surface area contributed by atoms with Gasteiger partial charge in [0.25, 0.3) is 0 Å². The van der Waals surface area contributed by atoms with Crippen LogP contribution in [0.25, 0.3) is 0 Å². The van der Waals surface area contributed by atoms with Gasteiger partial charge in [-0.15, -0.1) is 0 Å². The fourth-order valence-corrected chi connectivity index (χ4v) is 8.36. The molecule has 4 saturated carbocycles. The fourth-order valence-electron chi connectivity index (χ4n) is 8.36. The lowest BCUT2D eigenvalue weighted by molar-refractivity contribution is -0.111. The quantitative estimate of drug-likeness (QED) is 0.510. The molecule has 0 N–H and O–H groups in total. The monoisotopic (exact) mass is 316 g/mol. The molecule has 0 aromatic carbocycles. The van der Waals surface area contributed by atoms with Crippen molar-refractivity contribution in [3.63, 3.8) is 0 Å². The van der Waals surface area contributed by atoms with Crippen LogP contribution in [-0.4, -0.2) is 0 Å². The molecule has 4 aliphatic carbocycles. The van der Waals surface area contributed by atoms with Gasteiger partial charge in [0.2, 0.25) is 0 Å². The Morgan fingerprint density at radius 2 is 1.57 bits per heavy atom. The summed E-state index contributed by atoms with van der Waals surface area (Å²) >= 11 is 0. The Morgan fingerprint density at radius 3 is 2.35 bits per heavy atom. The normalized spacial score (nSPS) is 52.8. The van der Waals surface area contributed by atoms with Crippen molar-refractivity contribution in [1.29, 1.82) is 0 Å². The topological polar surface area (TPSA) is 0 Å². The SMILES string of the molecule is CC(C)C[C@H]1CC[C@H]2[C@@H]3CC[C@H]4CCCC[C@]4(C)[C@H]3CC[C@]12C. The van der Waals surface area contributed by atoms with E-state index in [0.717, 1.165) is 40.9 Å². The van der Waals surface area contributed by atoms with Crippen LogP contribution < -0.4 is 0 Å². The predicted octanol–water partition coefficient (Wildman–Crippen LogP) is 7.08. The highest BCUT2D eigenvalue weighted by atomic mass is 14.6. The summed E-state index contributed by atoms with van der Waals surface area (Å²) in [5.41, 5.74) is 1.42. The van der Waals surface area contributed by atoms with Gasteiger partial charge in [0.1, 0.15) is 0 Å². The van der Waals surface area contributed by atoms with Gasteiger partial charge in [-0.25, -0.2) is 0 Å². The summed E-state index contributed by atoms with van der Waals surface area (Å²) in [4.78, 5) is 0. The number of fused-ring (bicyclic) bond motifs is 5. The first-order valence-corrected chi connectivity index (χ1v) is 10.9. The molecule has 0 saturated heterocycles. The Balaban J connectivity index is 1.57. The molecule has 0 radical (unpaired) electrons. The molecule has 7 atom stereocenters. The van der Waals surface area contributed by atoms with Gasteiger partial charge in [-0.3, -0.25) is 0 Å². The van der Waals surface area contributed by atoms with Crippen LogP contribution in [0.1, 0.15) is 98.3 Å². The van der Waals surface area contributed by atoms with E-state index in [1.807, 2.05) is 0 Å². The minimum Gasteiger partial charge on any atom is -0.0628 e. The first kappa shape index (κ1) is 16.5. The van der Waals surface area contributed by atoms with Gasteiger partial charge in [0, 0.05) is 0 Å². The standard InChI is InChI=1S/C23H40/c1-16(2)15-18-9-11-20-19-10-8-17-7-5-6-13-22(17,3)21(19)12-14-23(18,20)4/h16-21H,5-15H2,1-4H3/t17-,18-,19+,20+,21+,22+,23-/m1/s1. The van der Waals surface area contributed by atoms with Gasteiger partial charge in [0.15, 0.2) is 0 Å². The van der Waals surface area contributed by atoms with Crippen molar-refractivity contribution in [2.24, 2.45) is 46.3 Å². The molecule has 0 heteroatoms. The van der Waals surface area contributed by atoms with E-state index in [9.17, 15) is 0 Å². The molecule has 0 aromatic heterocycles. The zero-order valence-corrected chi connectivity index (χ0v) is 16.2. The van der Waals surface area contributed by atoms with Crippen LogP contribution in [0.15, 0.2) is 0 Å². The summed E-state index contributed by atoms with van der Waals surface area (Å²) in [6, 6.07) is 0. The van der Waals surface area contributed by atoms with Gasteiger partial charge in [-0.1, -0.05) is 40.5 Å². The van der Waals surface area contributed by atoms with Gasteiger partial charge >= 0.3 is 0 Å². The maximum absolute atomic E-state index is 2.72. The summed E-state index contributed by atoms with van der Waals surface area (Å²) in [5.74, 6) is 6.24. The van der Waals surface area contributed by atoms with Gasteiger partial charge in [-0.05, 0) is 104 Å². The Bertz CT molecular complexity index is 437. The van der Waals surface area contributed by atoms with Crippen LogP contribution in [0.2, 0.25) is 0 Å². The van der Waals surface area contributed by atoms with Crippen molar-refractivity contribution in [3.8, 4) is 0 Å². The van der Waals surface area contributed by atoms with Crippen molar-refractivity contribution in [2.75, 3.05) is 0 Å². The number of hydrogen-bond acceptors (Lipinski definition) is 0. The van der Waals surface area contributed by atoms with Crippen LogP contribution in [0.4, 0.5) is 0 Å². The van der Waals surface area contributed by atoms with Crippen molar-refractivity contribution < 1.29 is 0 Å². The zero-order chi connectivity index (χ0) is 16.2. The molecule has 0 spiro atoms. The lowest BCUT2D eigenvalue weighted by atomic mass is 9.45. The second-order valence-corrected chi connectivity index (χ2v) is 10.9. The summed E-state index contributed by atoms with van der Waals surface area (Å²) in [5, 5.41) is 0. The molecule has 4 fully saturated rings. The van der Waals surface area contributed by atoms with Crippen LogP contribution in [0.3, 0.4) is 0 Å². The van der Waals surface area contributed by atoms with Crippen LogP contribution >= 0.6 is 0 Å². The lowest BCUT2D eigenvalue weighted by Crippen LogP contribution is -2.52. The van der Waals surface area contributed by atoms with Crippen LogP contribution in [0.5, 0.6) is 0 Å². The van der Waals surface area contributed by atoms with Crippen molar-refractivity contribution in [3.05, 3.63) is 0 Å². The summed E-state index contributed by atoms with van der Waals surface area (Å²) in [7, 11) is 0. The van der Waals surface area contributed by atoms with E-state index in [1.165, 1.54) is 19.3 Å². The minimum atomic E-state index is 0.698. The third-order valence-electron chi connectivity index (χ3n) is 9.54. The van der Waals surface area contributed by atoms with Crippen molar-refractivity contribution >= 4 is 0 Å². The van der Waals surface area contributed by atoms with E-state index in [0.29, 0.717) is 5.41 Å². The Hall–Kier alpha value is 0. The van der Waals surface area contributed by atoms with Gasteiger partial charge in [-0.2, -0.15) is 0 Å². The third-order valence-corrected chi connectivity index (χ3v) is 9.54. The van der Waals surface area contributed by atoms with E-state index >= 15 is 0 Å². The molecule has 0 bridgehead atoms. The summed E-state index contributed by atoms with van der Waals surface area (Å²) in [6.07, 6.45) is 17.0. The van der Waals surface area contributed by atoms with E-state index in [4.69, 9.17) is 0 Å². The largest absolute Gasteiger partial charge is 0.0628 e. The summed E-state index contributed by atoms with van der Waals surface area (Å²) < 4.78 is 0. The van der Waals surface area contributed by atoms with Gasteiger partial charge in [0.05, 0.1) is 0 Å². The average molecular weight is 317 g/mol. The molecular weight excluding hydrogens is 276 g/mol. The van der Waals surface area contributed by atoms with Crippen LogP contribution in [-0.2, 0) is 0 Å². The molecule has 0 heterocycles. The Morgan fingerprint density at radius 1 is 0.783 bits per heavy atom. The van der Waals surface area contributed by atoms with E-state index < -0.39 is 0 Å². The molecular formula is C23H40. The molecule has 132 valence electrons. The first-order chi connectivity index (χ1) is 10.9. The molecule has 0 aromatic rings. The summed E-state index contributed by atoms with van der Waals surface area (Å²) in [6.45, 7) is 10.3. The minimum absolute atomic E-state index is 0.698. The first-order valence-electron chi connectivity index (χ1n) is 10.9. The highest BCUT2D eigenvalue weighted by Crippen LogP contribution is 2.67. The molecule has 23 heavy (non-hydrogen) atoms. The highest BCUT2D eigenvalue weighted by Gasteiger charge is 2.59. The molecule has 4 rings (SSSR count). The maximum atomic E-state index is 2.72. The van der Waals surface area contributed by atoms with E-state index in [1.54, 1.807) is 51.4 Å². The second-order valence-electron chi connectivity index (χ2n) is 10.9. The Labute approximate surface area is 145 Å². The average Bonchev–Trinajstić information content (AvgIpc) is 2.83. The fraction of sp³-hybridized carbons (Fsp3) is 1.00. The zero-order valence-electron chi connectivity index (χ0n) is 16.2. The number of rotatable bonds is 2. The smallest absolute Gasteiger partial charge is 0.0266 e. The predicted molar refractivity (Wildman–Crippen MR) is 99.3 cm³/mol. The lowest BCUT2D eigenvalue weighted by Gasteiger charge is -2.60. The molecule has 4 aliphatic rings. The van der Waals surface area contributed by atoms with Gasteiger partial charge < -0.3 is 0 Å². The van der Waals surface area contributed by atoms with Crippen molar-refractivity contribution in [1.82, 2.24) is 0 Å². The maximum Gasteiger partial charge on any atom is -0.0266 e. The number of hydrogen-bond donors (Lipinski definition) is 0. The van der Waals surface area contributed by atoms with Crippen LogP contribution in [0, 0.1) is 46.3 Å². The third kappa shape index (κ3) is 2.44. The molecule has 0 aliphatic heterocycles. The van der Waals surface area contributed by atoms with E-state index in [2.05, 4.69) is 27.7 Å². The molecule has 0 amide bonds. The molecule has 0 unspecified atom stereocenters.